The van der Waals surface area contributed by atoms with Gasteiger partial charge in [0.2, 0.25) is 0 Å². The fourth-order valence-electron chi connectivity index (χ4n) is 1.43. The minimum Gasteiger partial charge on any atom is -0.250 e. The van der Waals surface area contributed by atoms with Gasteiger partial charge in [0.1, 0.15) is 5.03 Å². The first-order valence-electron chi connectivity index (χ1n) is 5.75. The third-order valence-electron chi connectivity index (χ3n) is 2.67. The van der Waals surface area contributed by atoms with Crippen LogP contribution >= 0.6 is 24.0 Å². The number of aryl methyl sites for hydroxylation is 1. The van der Waals surface area contributed by atoms with E-state index in [2.05, 4.69) is 31.0 Å². The van der Waals surface area contributed by atoms with Crippen molar-refractivity contribution in [3.8, 4) is 0 Å². The number of rotatable bonds is 5. The Kier molecular flexibility index (Phi) is 5.99. The van der Waals surface area contributed by atoms with Crippen LogP contribution in [0.3, 0.4) is 0 Å². The molecule has 1 aromatic heterocycles. The fraction of sp³-hybridized carbons (Fsp3) is 0.538. The van der Waals surface area contributed by atoms with Crippen molar-refractivity contribution in [2.45, 2.75) is 45.1 Å². The van der Waals surface area contributed by atoms with Gasteiger partial charge in [-0.25, -0.2) is 4.98 Å². The Bertz CT molecular complexity index is 350. The van der Waals surface area contributed by atoms with Gasteiger partial charge in [-0.2, -0.15) is 0 Å². The smallest absolute Gasteiger partial charge is 0.101 e. The van der Waals surface area contributed by atoms with Crippen LogP contribution in [0.5, 0.6) is 0 Å². The van der Waals surface area contributed by atoms with Crippen LogP contribution in [-0.4, -0.2) is 9.18 Å². The summed E-state index contributed by atoms with van der Waals surface area (Å²) in [6, 6.07) is 4.26. The summed E-state index contributed by atoms with van der Waals surface area (Å²) < 4.78 is 0.923. The summed E-state index contributed by atoms with van der Waals surface area (Å²) in [4.78, 5) is 4.30. The Balaban J connectivity index is 2.56. The standard InChI is InChI=1S/C13H19NS2/c1-4-10(2)5-6-12-7-8-14-13(9-12)16-11(3)15/h7-10H,4-6H2,1-3H3. The van der Waals surface area contributed by atoms with E-state index in [1.807, 2.05) is 13.1 Å². The van der Waals surface area contributed by atoms with E-state index >= 15 is 0 Å². The zero-order chi connectivity index (χ0) is 12.0. The second-order valence-electron chi connectivity index (χ2n) is 4.15. The van der Waals surface area contributed by atoms with Gasteiger partial charge in [-0.15, -0.1) is 0 Å². The molecule has 1 rings (SSSR count). The Morgan fingerprint density at radius 2 is 2.31 bits per heavy atom. The predicted molar refractivity (Wildman–Crippen MR) is 76.1 cm³/mol. The average molecular weight is 253 g/mol. The fourth-order valence-corrected chi connectivity index (χ4v) is 2.30. The predicted octanol–water partition coefficient (Wildman–Crippen LogP) is 4.50. The van der Waals surface area contributed by atoms with E-state index in [1.165, 1.54) is 18.4 Å². The van der Waals surface area contributed by atoms with E-state index in [1.54, 1.807) is 11.8 Å². The van der Waals surface area contributed by atoms with E-state index in [-0.39, 0.29) is 0 Å². The van der Waals surface area contributed by atoms with Crippen molar-refractivity contribution in [2.24, 2.45) is 5.92 Å². The minimum absolute atomic E-state index is 0.802. The molecule has 0 fully saturated rings. The van der Waals surface area contributed by atoms with E-state index < -0.39 is 0 Å². The molecule has 0 bridgehead atoms. The highest BCUT2D eigenvalue weighted by molar-refractivity contribution is 8.23. The molecule has 3 heteroatoms. The number of hydrogen-bond acceptors (Lipinski definition) is 3. The number of thioether (sulfide) groups is 1. The lowest BCUT2D eigenvalue weighted by Crippen LogP contribution is -1.96. The largest absolute Gasteiger partial charge is 0.250 e. The van der Waals surface area contributed by atoms with Gasteiger partial charge in [0.05, 0.1) is 4.20 Å². The van der Waals surface area contributed by atoms with Crippen molar-refractivity contribution in [3.05, 3.63) is 23.9 Å². The summed E-state index contributed by atoms with van der Waals surface area (Å²) >= 11 is 6.64. The summed E-state index contributed by atoms with van der Waals surface area (Å²) in [5.41, 5.74) is 1.37. The van der Waals surface area contributed by atoms with Crippen molar-refractivity contribution in [2.75, 3.05) is 0 Å². The molecule has 1 heterocycles. The summed E-state index contributed by atoms with van der Waals surface area (Å²) in [5, 5.41) is 1.02. The first-order chi connectivity index (χ1) is 7.61. The van der Waals surface area contributed by atoms with Crippen molar-refractivity contribution >= 4 is 28.2 Å². The van der Waals surface area contributed by atoms with Crippen molar-refractivity contribution in [1.82, 2.24) is 4.98 Å². The molecule has 0 spiro atoms. The third kappa shape index (κ3) is 5.08. The maximum atomic E-state index is 5.07. The van der Waals surface area contributed by atoms with Gasteiger partial charge in [-0.05, 0) is 43.4 Å². The van der Waals surface area contributed by atoms with Crippen LogP contribution in [0.2, 0.25) is 0 Å². The highest BCUT2D eigenvalue weighted by atomic mass is 32.2. The Morgan fingerprint density at radius 1 is 1.56 bits per heavy atom. The molecular formula is C13H19NS2. The first-order valence-corrected chi connectivity index (χ1v) is 6.97. The highest BCUT2D eigenvalue weighted by Crippen LogP contribution is 2.19. The van der Waals surface area contributed by atoms with Gasteiger partial charge < -0.3 is 0 Å². The lowest BCUT2D eigenvalue weighted by Gasteiger charge is -2.08. The highest BCUT2D eigenvalue weighted by Gasteiger charge is 2.02. The van der Waals surface area contributed by atoms with Gasteiger partial charge >= 0.3 is 0 Å². The molecule has 0 saturated heterocycles. The second kappa shape index (κ2) is 7.02. The molecule has 1 nitrogen and oxygen atoms in total. The van der Waals surface area contributed by atoms with Gasteiger partial charge in [0, 0.05) is 6.20 Å². The lowest BCUT2D eigenvalue weighted by molar-refractivity contribution is 0.516. The lowest BCUT2D eigenvalue weighted by atomic mass is 10.00. The van der Waals surface area contributed by atoms with Crippen LogP contribution in [-0.2, 0) is 6.42 Å². The van der Waals surface area contributed by atoms with E-state index in [0.29, 0.717) is 0 Å². The normalized spacial score (nSPS) is 12.4. The second-order valence-corrected chi connectivity index (χ2v) is 6.25. The maximum Gasteiger partial charge on any atom is 0.101 e. The van der Waals surface area contributed by atoms with Gasteiger partial charge in [0.15, 0.2) is 0 Å². The molecule has 16 heavy (non-hydrogen) atoms. The van der Waals surface area contributed by atoms with Crippen LogP contribution in [0, 0.1) is 5.92 Å². The van der Waals surface area contributed by atoms with Crippen LogP contribution in [0.4, 0.5) is 0 Å². The van der Waals surface area contributed by atoms with Crippen molar-refractivity contribution < 1.29 is 0 Å². The monoisotopic (exact) mass is 253 g/mol. The van der Waals surface area contributed by atoms with Gasteiger partial charge in [-0.3, -0.25) is 0 Å². The SMILES string of the molecule is CCC(C)CCc1ccnc(SC(C)=S)c1. The number of aromatic nitrogens is 1. The van der Waals surface area contributed by atoms with E-state index in [4.69, 9.17) is 12.2 Å². The van der Waals surface area contributed by atoms with E-state index in [9.17, 15) is 0 Å². The molecule has 0 saturated carbocycles. The Labute approximate surface area is 108 Å². The molecule has 0 aliphatic rings. The molecule has 1 aromatic rings. The number of hydrogen-bond donors (Lipinski definition) is 0. The van der Waals surface area contributed by atoms with Gasteiger partial charge in [0.25, 0.3) is 0 Å². The summed E-state index contributed by atoms with van der Waals surface area (Å²) in [6.45, 7) is 6.49. The van der Waals surface area contributed by atoms with Crippen LogP contribution in [0.25, 0.3) is 0 Å². The minimum atomic E-state index is 0.802. The molecule has 0 aliphatic heterocycles. The number of thiocarbonyl (C=S) groups is 1. The molecule has 0 aromatic carbocycles. The van der Waals surface area contributed by atoms with Crippen LogP contribution in [0.15, 0.2) is 23.4 Å². The maximum absolute atomic E-state index is 5.07. The molecule has 0 N–H and O–H groups in total. The van der Waals surface area contributed by atoms with E-state index in [0.717, 1.165) is 21.6 Å². The van der Waals surface area contributed by atoms with Crippen molar-refractivity contribution in [1.29, 1.82) is 0 Å². The summed E-state index contributed by atoms with van der Waals surface area (Å²) in [6.07, 6.45) is 5.53. The zero-order valence-electron chi connectivity index (χ0n) is 10.2. The topological polar surface area (TPSA) is 12.9 Å². The number of nitrogens with zero attached hydrogens (tertiary/aromatic N) is 1. The molecule has 1 unspecified atom stereocenters. The van der Waals surface area contributed by atoms with Crippen LogP contribution in [0.1, 0.15) is 39.2 Å². The summed E-state index contributed by atoms with van der Waals surface area (Å²) in [7, 11) is 0. The molecule has 0 aliphatic carbocycles. The quantitative estimate of drug-likeness (QED) is 0.566. The molecule has 0 amide bonds. The Morgan fingerprint density at radius 3 is 2.94 bits per heavy atom. The van der Waals surface area contributed by atoms with Crippen LogP contribution < -0.4 is 0 Å². The van der Waals surface area contributed by atoms with Gasteiger partial charge in [-0.1, -0.05) is 44.2 Å². The summed E-state index contributed by atoms with van der Waals surface area (Å²) in [5.74, 6) is 0.802. The molecule has 1 atom stereocenters. The molecular weight excluding hydrogens is 234 g/mol. The van der Waals surface area contributed by atoms with Crippen molar-refractivity contribution in [3.63, 3.8) is 0 Å². The average Bonchev–Trinajstić information content (AvgIpc) is 2.25. The first kappa shape index (κ1) is 13.7. The molecule has 0 radical (unpaired) electrons. The molecule has 88 valence electrons. The third-order valence-corrected chi connectivity index (χ3v) is 3.64. The zero-order valence-corrected chi connectivity index (χ0v) is 11.8. The number of pyridine rings is 1. The Hall–Kier alpha value is -0.410.